The van der Waals surface area contributed by atoms with Gasteiger partial charge in [-0.2, -0.15) is 0 Å². The zero-order valence-corrected chi connectivity index (χ0v) is 15.7. The Bertz CT molecular complexity index is 847. The summed E-state index contributed by atoms with van der Waals surface area (Å²) in [6.07, 6.45) is -0.125. The predicted octanol–water partition coefficient (Wildman–Crippen LogP) is 1.60. The molecule has 3 rings (SSSR count). The molecule has 2 heterocycles. The van der Waals surface area contributed by atoms with E-state index in [0.717, 1.165) is 0 Å². The van der Waals surface area contributed by atoms with E-state index < -0.39 is 11.5 Å². The van der Waals surface area contributed by atoms with E-state index in [-0.39, 0.29) is 37.9 Å². The van der Waals surface area contributed by atoms with Gasteiger partial charge in [0.05, 0.1) is 25.3 Å². The number of benzene rings is 1. The number of rotatable bonds is 6. The van der Waals surface area contributed by atoms with Crippen molar-refractivity contribution < 1.29 is 28.0 Å². The molecule has 1 fully saturated rings. The lowest BCUT2D eigenvalue weighted by Crippen LogP contribution is -2.58. The highest BCUT2D eigenvalue weighted by atomic mass is 19.1. The minimum absolute atomic E-state index is 0.0209. The Balaban J connectivity index is 1.78. The second-order valence-electron chi connectivity index (χ2n) is 6.84. The molecule has 0 aliphatic carbocycles. The number of nitrogens with zero attached hydrogens (tertiary/aromatic N) is 2. The quantitative estimate of drug-likeness (QED) is 0.801. The number of carbonyl (C=O) groups is 2. The van der Waals surface area contributed by atoms with Crippen LogP contribution in [0.5, 0.6) is 5.75 Å². The fourth-order valence-electron chi connectivity index (χ4n) is 3.27. The highest BCUT2D eigenvalue weighted by molar-refractivity contribution is 5.96. The van der Waals surface area contributed by atoms with Crippen LogP contribution in [0.15, 0.2) is 28.8 Å². The van der Waals surface area contributed by atoms with Crippen LogP contribution in [0.1, 0.15) is 28.2 Å². The van der Waals surface area contributed by atoms with E-state index in [0.29, 0.717) is 29.3 Å². The number of morpholine rings is 1. The number of carbonyl (C=O) groups excluding carboxylic acids is 2. The van der Waals surface area contributed by atoms with E-state index in [4.69, 9.17) is 19.7 Å². The molecule has 1 aliphatic rings. The van der Waals surface area contributed by atoms with E-state index in [1.807, 2.05) is 0 Å². The zero-order chi connectivity index (χ0) is 20.3. The summed E-state index contributed by atoms with van der Waals surface area (Å²) in [6, 6.07) is 5.49. The molecule has 0 bridgehead atoms. The summed E-state index contributed by atoms with van der Waals surface area (Å²) < 4.78 is 29.7. The highest BCUT2D eigenvalue weighted by Gasteiger charge is 2.41. The molecule has 2 aromatic rings. The molecular formula is C19H22FN3O5. The van der Waals surface area contributed by atoms with Crippen molar-refractivity contribution in [2.75, 3.05) is 26.3 Å². The Hall–Kier alpha value is -2.94. The van der Waals surface area contributed by atoms with Crippen LogP contribution in [0.4, 0.5) is 4.39 Å². The smallest absolute Gasteiger partial charge is 0.259 e. The Morgan fingerprint density at radius 3 is 2.64 bits per heavy atom. The van der Waals surface area contributed by atoms with Crippen LogP contribution < -0.4 is 10.5 Å². The molecule has 1 saturated heterocycles. The molecule has 1 aromatic heterocycles. The molecule has 0 spiro atoms. The highest BCUT2D eigenvalue weighted by Crippen LogP contribution is 2.26. The van der Waals surface area contributed by atoms with Gasteiger partial charge in [-0.3, -0.25) is 9.59 Å². The van der Waals surface area contributed by atoms with Crippen molar-refractivity contribution >= 4 is 11.8 Å². The molecule has 8 nitrogen and oxygen atoms in total. The van der Waals surface area contributed by atoms with Crippen LogP contribution in [0.25, 0.3) is 0 Å². The van der Waals surface area contributed by atoms with E-state index in [1.165, 1.54) is 24.3 Å². The van der Waals surface area contributed by atoms with Gasteiger partial charge in [0.15, 0.2) is 0 Å². The third-order valence-corrected chi connectivity index (χ3v) is 4.59. The number of amides is 2. The monoisotopic (exact) mass is 391 g/mol. The van der Waals surface area contributed by atoms with Gasteiger partial charge in [0.25, 0.3) is 5.91 Å². The Morgan fingerprint density at radius 2 is 2.04 bits per heavy atom. The molecular weight excluding hydrogens is 369 g/mol. The van der Waals surface area contributed by atoms with Crippen molar-refractivity contribution in [3.05, 3.63) is 47.1 Å². The van der Waals surface area contributed by atoms with Crippen LogP contribution in [0, 0.1) is 19.7 Å². The molecule has 2 amide bonds. The summed E-state index contributed by atoms with van der Waals surface area (Å²) >= 11 is 0. The first-order valence-electron chi connectivity index (χ1n) is 8.82. The van der Waals surface area contributed by atoms with Crippen LogP contribution in [0.2, 0.25) is 0 Å². The molecule has 1 aromatic carbocycles. The fraction of sp³-hybridized carbons (Fsp3) is 0.421. The van der Waals surface area contributed by atoms with Crippen molar-refractivity contribution in [3.8, 4) is 5.75 Å². The molecule has 0 saturated carbocycles. The number of aryl methyl sites for hydroxylation is 2. The molecule has 2 N–H and O–H groups in total. The van der Waals surface area contributed by atoms with Gasteiger partial charge in [0.1, 0.15) is 35.1 Å². The Kier molecular flexibility index (Phi) is 5.64. The Morgan fingerprint density at radius 1 is 1.32 bits per heavy atom. The van der Waals surface area contributed by atoms with Gasteiger partial charge in [0, 0.05) is 6.54 Å². The SMILES string of the molecule is Cc1noc(C)c1C(=O)N1CCOC(COc2ccc(F)cc2)(CC(N)=O)C1. The van der Waals surface area contributed by atoms with Gasteiger partial charge in [0.2, 0.25) is 5.91 Å². The zero-order valence-electron chi connectivity index (χ0n) is 15.7. The summed E-state index contributed by atoms with van der Waals surface area (Å²) in [7, 11) is 0. The average Bonchev–Trinajstić information content (AvgIpc) is 2.99. The normalized spacial score (nSPS) is 19.5. The topological polar surface area (TPSA) is 108 Å². The van der Waals surface area contributed by atoms with Crippen molar-refractivity contribution in [2.45, 2.75) is 25.9 Å². The standard InChI is InChI=1S/C19H22FN3O5/c1-12-17(13(2)28-22-12)18(25)23-7-8-27-19(10-23,9-16(21)24)11-26-15-5-3-14(20)4-6-15/h3-6H,7-11H2,1-2H3,(H2,21,24). The number of aromatic nitrogens is 1. The number of hydrogen-bond donors (Lipinski definition) is 1. The number of primary amides is 1. The average molecular weight is 391 g/mol. The summed E-state index contributed by atoms with van der Waals surface area (Å²) in [5.41, 5.74) is 5.20. The maximum absolute atomic E-state index is 13.1. The second-order valence-corrected chi connectivity index (χ2v) is 6.84. The predicted molar refractivity (Wildman–Crippen MR) is 96.3 cm³/mol. The maximum atomic E-state index is 13.1. The number of halogens is 1. The molecule has 28 heavy (non-hydrogen) atoms. The third-order valence-electron chi connectivity index (χ3n) is 4.59. The van der Waals surface area contributed by atoms with Gasteiger partial charge in [-0.1, -0.05) is 5.16 Å². The van der Waals surface area contributed by atoms with Crippen molar-refractivity contribution in [3.63, 3.8) is 0 Å². The van der Waals surface area contributed by atoms with Gasteiger partial charge in [-0.05, 0) is 38.1 Å². The summed E-state index contributed by atoms with van der Waals surface area (Å²) in [6.45, 7) is 4.02. The van der Waals surface area contributed by atoms with Crippen LogP contribution >= 0.6 is 0 Å². The van der Waals surface area contributed by atoms with Crippen LogP contribution in [-0.4, -0.2) is 53.8 Å². The molecule has 9 heteroatoms. The maximum Gasteiger partial charge on any atom is 0.259 e. The van der Waals surface area contributed by atoms with E-state index in [1.54, 1.807) is 18.7 Å². The first-order valence-corrected chi connectivity index (χ1v) is 8.82. The molecule has 1 atom stereocenters. The second kappa shape index (κ2) is 7.97. The van der Waals surface area contributed by atoms with E-state index in [9.17, 15) is 14.0 Å². The first kappa shape index (κ1) is 19.8. The van der Waals surface area contributed by atoms with Gasteiger partial charge in [-0.15, -0.1) is 0 Å². The third kappa shape index (κ3) is 4.30. The number of nitrogens with two attached hydrogens (primary N) is 1. The minimum Gasteiger partial charge on any atom is -0.490 e. The van der Waals surface area contributed by atoms with Crippen molar-refractivity contribution in [2.24, 2.45) is 5.73 Å². The fourth-order valence-corrected chi connectivity index (χ4v) is 3.27. The first-order chi connectivity index (χ1) is 13.3. The summed E-state index contributed by atoms with van der Waals surface area (Å²) in [5.74, 6) is -0.367. The largest absolute Gasteiger partial charge is 0.490 e. The molecule has 1 unspecified atom stereocenters. The number of hydrogen-bond acceptors (Lipinski definition) is 6. The lowest BCUT2D eigenvalue weighted by molar-refractivity contribution is -0.142. The minimum atomic E-state index is -1.10. The van der Waals surface area contributed by atoms with Crippen molar-refractivity contribution in [1.29, 1.82) is 0 Å². The number of ether oxygens (including phenoxy) is 2. The lowest BCUT2D eigenvalue weighted by atomic mass is 9.96. The van der Waals surface area contributed by atoms with E-state index in [2.05, 4.69) is 5.16 Å². The molecule has 1 aliphatic heterocycles. The van der Waals surface area contributed by atoms with Gasteiger partial charge in [-0.25, -0.2) is 4.39 Å². The van der Waals surface area contributed by atoms with E-state index >= 15 is 0 Å². The van der Waals surface area contributed by atoms with Crippen LogP contribution in [-0.2, 0) is 9.53 Å². The summed E-state index contributed by atoms with van der Waals surface area (Å²) in [5, 5.41) is 3.82. The van der Waals surface area contributed by atoms with Gasteiger partial charge < -0.3 is 24.6 Å². The summed E-state index contributed by atoms with van der Waals surface area (Å²) in [4.78, 5) is 26.2. The molecule has 150 valence electrons. The van der Waals surface area contributed by atoms with Crippen molar-refractivity contribution in [1.82, 2.24) is 10.1 Å². The molecule has 0 radical (unpaired) electrons. The van der Waals surface area contributed by atoms with Gasteiger partial charge >= 0.3 is 0 Å². The van der Waals surface area contributed by atoms with Crippen LogP contribution in [0.3, 0.4) is 0 Å². The Labute approximate surface area is 161 Å². The lowest BCUT2D eigenvalue weighted by Gasteiger charge is -2.41.